The zero-order valence-corrected chi connectivity index (χ0v) is 7.04. The Morgan fingerprint density at radius 2 is 2.33 bits per heavy atom. The Kier molecular flexibility index (Phi) is 3.12. The monoisotopic (exact) mass is 168 g/mol. The van der Waals surface area contributed by atoms with Crippen LogP contribution in [-0.4, -0.2) is 23.8 Å². The number of hydrogen-bond donors (Lipinski definition) is 1. The first-order valence-corrected chi connectivity index (χ1v) is 4.08. The van der Waals surface area contributed by atoms with Crippen LogP contribution in [0, 0.1) is 17.8 Å². The molecular formula is C9H12O3. The molecule has 0 aromatic rings. The lowest BCUT2D eigenvalue weighted by Gasteiger charge is -2.31. The maximum Gasteiger partial charge on any atom is 0.381 e. The van der Waals surface area contributed by atoms with Crippen LogP contribution < -0.4 is 0 Å². The second-order valence-corrected chi connectivity index (χ2v) is 2.82. The smallest absolute Gasteiger partial charge is 0.381 e. The predicted molar refractivity (Wildman–Crippen MR) is 43.5 cm³/mol. The minimum atomic E-state index is -1.05. The molecule has 0 amide bonds. The van der Waals surface area contributed by atoms with Crippen molar-refractivity contribution in [2.45, 2.75) is 25.9 Å². The fourth-order valence-corrected chi connectivity index (χ4v) is 1.22. The quantitative estimate of drug-likeness (QED) is 0.623. The van der Waals surface area contributed by atoms with Crippen LogP contribution in [0.2, 0.25) is 0 Å². The van der Waals surface area contributed by atoms with Crippen molar-refractivity contribution >= 4 is 5.97 Å². The van der Waals surface area contributed by atoms with Crippen molar-refractivity contribution in [3.8, 4) is 11.8 Å². The fourth-order valence-electron chi connectivity index (χ4n) is 1.22. The zero-order chi connectivity index (χ0) is 8.97. The molecule has 0 aliphatic heterocycles. The van der Waals surface area contributed by atoms with E-state index < -0.39 is 5.97 Å². The largest absolute Gasteiger partial charge is 0.472 e. The molecule has 0 aromatic carbocycles. The van der Waals surface area contributed by atoms with Gasteiger partial charge in [-0.05, 0) is 19.8 Å². The molecule has 1 rings (SSSR count). The average Bonchev–Trinajstić information content (AvgIpc) is 1.93. The first-order chi connectivity index (χ1) is 5.72. The van der Waals surface area contributed by atoms with E-state index in [-0.39, 0.29) is 5.92 Å². The van der Waals surface area contributed by atoms with Crippen molar-refractivity contribution < 1.29 is 14.6 Å². The summed E-state index contributed by atoms with van der Waals surface area (Å²) in [5, 5.41) is 8.25. The molecule has 1 fully saturated rings. The zero-order valence-electron chi connectivity index (χ0n) is 7.04. The summed E-state index contributed by atoms with van der Waals surface area (Å²) in [6.45, 7) is 2.68. The van der Waals surface area contributed by atoms with Crippen LogP contribution in [0.25, 0.3) is 0 Å². The maximum absolute atomic E-state index is 10.0. The number of ether oxygens (including phenoxy) is 1. The van der Waals surface area contributed by atoms with Gasteiger partial charge in [0, 0.05) is 18.4 Å². The van der Waals surface area contributed by atoms with Gasteiger partial charge in [0.05, 0.1) is 6.10 Å². The standard InChI is InChI=1S/C9H12O3/c1-2-12-8-5-7(6-8)3-4-9(10)11/h7-8H,2,5-6H2,1H3,(H,10,11). The summed E-state index contributed by atoms with van der Waals surface area (Å²) >= 11 is 0. The van der Waals surface area contributed by atoms with Crippen LogP contribution in [0.1, 0.15) is 19.8 Å². The molecule has 0 spiro atoms. The van der Waals surface area contributed by atoms with E-state index >= 15 is 0 Å². The van der Waals surface area contributed by atoms with Crippen LogP contribution in [0.15, 0.2) is 0 Å². The Morgan fingerprint density at radius 1 is 1.67 bits per heavy atom. The number of carboxylic acids is 1. The van der Waals surface area contributed by atoms with Crippen LogP contribution in [0.4, 0.5) is 0 Å². The lowest BCUT2D eigenvalue weighted by molar-refractivity contribution is -0.130. The van der Waals surface area contributed by atoms with E-state index in [1.54, 1.807) is 0 Å². The maximum atomic E-state index is 10.0. The normalized spacial score (nSPS) is 26.8. The summed E-state index contributed by atoms with van der Waals surface area (Å²) in [5.41, 5.74) is 0. The van der Waals surface area contributed by atoms with Gasteiger partial charge in [0.1, 0.15) is 0 Å². The summed E-state index contributed by atoms with van der Waals surface area (Å²) in [6, 6.07) is 0. The molecule has 1 saturated carbocycles. The van der Waals surface area contributed by atoms with Crippen LogP contribution in [0.5, 0.6) is 0 Å². The van der Waals surface area contributed by atoms with Gasteiger partial charge in [0.15, 0.2) is 0 Å². The van der Waals surface area contributed by atoms with Gasteiger partial charge in [-0.3, -0.25) is 0 Å². The summed E-state index contributed by atoms with van der Waals surface area (Å²) in [6.07, 6.45) is 2.07. The molecule has 0 unspecified atom stereocenters. The van der Waals surface area contributed by atoms with Crippen LogP contribution >= 0.6 is 0 Å². The third kappa shape index (κ3) is 2.55. The van der Waals surface area contributed by atoms with E-state index in [4.69, 9.17) is 9.84 Å². The van der Waals surface area contributed by atoms with Gasteiger partial charge in [-0.1, -0.05) is 5.92 Å². The fraction of sp³-hybridized carbons (Fsp3) is 0.667. The minimum absolute atomic E-state index is 0.234. The Bertz CT molecular complexity index is 218. The Balaban J connectivity index is 2.18. The van der Waals surface area contributed by atoms with Gasteiger partial charge >= 0.3 is 5.97 Å². The summed E-state index contributed by atoms with van der Waals surface area (Å²) in [5.74, 6) is 3.99. The molecule has 0 saturated heterocycles. The van der Waals surface area contributed by atoms with Crippen molar-refractivity contribution in [3.63, 3.8) is 0 Å². The lowest BCUT2D eigenvalue weighted by Crippen LogP contribution is -2.30. The summed E-state index contributed by atoms with van der Waals surface area (Å²) in [7, 11) is 0. The number of carbonyl (C=O) groups is 1. The van der Waals surface area contributed by atoms with Crippen molar-refractivity contribution in [1.82, 2.24) is 0 Å². The van der Waals surface area contributed by atoms with E-state index in [1.165, 1.54) is 0 Å². The van der Waals surface area contributed by atoms with Crippen molar-refractivity contribution in [3.05, 3.63) is 0 Å². The summed E-state index contributed by atoms with van der Waals surface area (Å²) in [4.78, 5) is 10.0. The van der Waals surface area contributed by atoms with E-state index in [1.807, 2.05) is 6.92 Å². The predicted octanol–water partition coefficient (Wildman–Crippen LogP) is 0.889. The number of rotatable bonds is 2. The van der Waals surface area contributed by atoms with Gasteiger partial charge in [-0.25, -0.2) is 4.79 Å². The van der Waals surface area contributed by atoms with Gasteiger partial charge < -0.3 is 9.84 Å². The molecule has 0 heterocycles. The van der Waals surface area contributed by atoms with Crippen molar-refractivity contribution in [2.75, 3.05) is 6.61 Å². The molecule has 3 heteroatoms. The highest BCUT2D eigenvalue weighted by Gasteiger charge is 2.27. The molecule has 1 aliphatic rings. The Hall–Kier alpha value is -1.01. The first-order valence-electron chi connectivity index (χ1n) is 4.08. The second kappa shape index (κ2) is 4.13. The van der Waals surface area contributed by atoms with Crippen LogP contribution in [-0.2, 0) is 9.53 Å². The third-order valence-corrected chi connectivity index (χ3v) is 1.88. The first kappa shape index (κ1) is 9.08. The van der Waals surface area contributed by atoms with E-state index in [9.17, 15) is 4.79 Å². The van der Waals surface area contributed by atoms with Crippen molar-refractivity contribution in [1.29, 1.82) is 0 Å². The molecule has 0 aromatic heterocycles. The lowest BCUT2D eigenvalue weighted by atomic mass is 9.83. The molecule has 0 atom stereocenters. The van der Waals surface area contributed by atoms with Gasteiger partial charge in [0.25, 0.3) is 0 Å². The highest BCUT2D eigenvalue weighted by atomic mass is 16.5. The minimum Gasteiger partial charge on any atom is -0.472 e. The average molecular weight is 168 g/mol. The Morgan fingerprint density at radius 3 is 2.83 bits per heavy atom. The van der Waals surface area contributed by atoms with E-state index in [0.717, 1.165) is 19.4 Å². The van der Waals surface area contributed by atoms with E-state index in [2.05, 4.69) is 11.8 Å². The van der Waals surface area contributed by atoms with Crippen molar-refractivity contribution in [2.24, 2.45) is 5.92 Å². The van der Waals surface area contributed by atoms with E-state index in [0.29, 0.717) is 6.10 Å². The number of aliphatic carboxylic acids is 1. The van der Waals surface area contributed by atoms with Crippen LogP contribution in [0.3, 0.4) is 0 Å². The molecule has 66 valence electrons. The van der Waals surface area contributed by atoms with Gasteiger partial charge in [-0.15, -0.1) is 0 Å². The number of carboxylic acid groups (broad SMARTS) is 1. The van der Waals surface area contributed by atoms with Gasteiger partial charge in [0.2, 0.25) is 0 Å². The summed E-state index contributed by atoms with van der Waals surface area (Å²) < 4.78 is 5.30. The molecule has 0 radical (unpaired) electrons. The molecular weight excluding hydrogens is 156 g/mol. The highest BCUT2D eigenvalue weighted by molar-refractivity contribution is 5.86. The molecule has 0 bridgehead atoms. The second-order valence-electron chi connectivity index (χ2n) is 2.82. The topological polar surface area (TPSA) is 46.5 Å². The van der Waals surface area contributed by atoms with Gasteiger partial charge in [-0.2, -0.15) is 0 Å². The molecule has 1 N–H and O–H groups in total. The number of hydrogen-bond acceptors (Lipinski definition) is 2. The SMILES string of the molecule is CCOC1CC(C#CC(=O)O)C1. The molecule has 12 heavy (non-hydrogen) atoms. The third-order valence-electron chi connectivity index (χ3n) is 1.88. The highest BCUT2D eigenvalue weighted by Crippen LogP contribution is 2.28. The molecule has 3 nitrogen and oxygen atoms in total. The Labute approximate surface area is 71.7 Å². The molecule has 1 aliphatic carbocycles.